The molecule has 134 valence electrons. The lowest BCUT2D eigenvalue weighted by molar-refractivity contribution is 0.00534. The van der Waals surface area contributed by atoms with Gasteiger partial charge in [0.2, 0.25) is 0 Å². The van der Waals surface area contributed by atoms with Crippen molar-refractivity contribution in [2.24, 2.45) is 11.7 Å². The van der Waals surface area contributed by atoms with E-state index >= 15 is 0 Å². The Morgan fingerprint density at radius 3 is 2.48 bits per heavy atom. The van der Waals surface area contributed by atoms with E-state index < -0.39 is 5.60 Å². The number of nitrogens with one attached hydrogen (secondary N) is 1. The minimum atomic E-state index is -0.439. The SMILES string of the molecule is CC1C(NC2CCCCC2CN)CCCN1C(=O)OC(C)(C)C. The fraction of sp³-hybridized carbons (Fsp3) is 0.944. The van der Waals surface area contributed by atoms with E-state index in [4.69, 9.17) is 10.5 Å². The van der Waals surface area contributed by atoms with Gasteiger partial charge in [0.15, 0.2) is 0 Å². The van der Waals surface area contributed by atoms with Crippen molar-refractivity contribution in [1.82, 2.24) is 10.2 Å². The Kier molecular flexibility index (Phi) is 6.32. The maximum atomic E-state index is 12.4. The Bertz CT molecular complexity index is 394. The Hall–Kier alpha value is -0.810. The van der Waals surface area contributed by atoms with Crippen LogP contribution in [0.4, 0.5) is 4.79 Å². The van der Waals surface area contributed by atoms with Crippen molar-refractivity contribution in [3.05, 3.63) is 0 Å². The highest BCUT2D eigenvalue weighted by molar-refractivity contribution is 5.68. The van der Waals surface area contributed by atoms with E-state index in [1.54, 1.807) is 0 Å². The van der Waals surface area contributed by atoms with Crippen molar-refractivity contribution in [1.29, 1.82) is 0 Å². The molecule has 3 N–H and O–H groups in total. The van der Waals surface area contributed by atoms with Gasteiger partial charge in [0.1, 0.15) is 5.60 Å². The highest BCUT2D eigenvalue weighted by atomic mass is 16.6. The van der Waals surface area contributed by atoms with Crippen LogP contribution < -0.4 is 11.1 Å². The van der Waals surface area contributed by atoms with Gasteiger partial charge in [0.05, 0.1) is 0 Å². The third-order valence-electron chi connectivity index (χ3n) is 5.26. The van der Waals surface area contributed by atoms with E-state index in [-0.39, 0.29) is 12.1 Å². The van der Waals surface area contributed by atoms with Gasteiger partial charge >= 0.3 is 6.09 Å². The standard InChI is InChI=1S/C18H35N3O2/c1-13-15(20-16-9-6-5-8-14(16)12-19)10-7-11-21(13)17(22)23-18(2,3)4/h13-16,20H,5-12,19H2,1-4H3. The van der Waals surface area contributed by atoms with Crippen molar-refractivity contribution in [2.75, 3.05) is 13.1 Å². The Morgan fingerprint density at radius 2 is 1.83 bits per heavy atom. The van der Waals surface area contributed by atoms with E-state index in [0.717, 1.165) is 25.9 Å². The summed E-state index contributed by atoms with van der Waals surface area (Å²) >= 11 is 0. The molecule has 1 amide bonds. The smallest absolute Gasteiger partial charge is 0.410 e. The van der Waals surface area contributed by atoms with Gasteiger partial charge < -0.3 is 20.7 Å². The zero-order chi connectivity index (χ0) is 17.0. The topological polar surface area (TPSA) is 67.6 Å². The zero-order valence-electron chi connectivity index (χ0n) is 15.3. The molecule has 1 aliphatic heterocycles. The molecule has 23 heavy (non-hydrogen) atoms. The molecule has 4 unspecified atom stereocenters. The summed E-state index contributed by atoms with van der Waals surface area (Å²) < 4.78 is 5.57. The lowest BCUT2D eigenvalue weighted by Gasteiger charge is -2.43. The summed E-state index contributed by atoms with van der Waals surface area (Å²) in [5.41, 5.74) is 5.51. The largest absolute Gasteiger partial charge is 0.444 e. The monoisotopic (exact) mass is 325 g/mol. The van der Waals surface area contributed by atoms with Crippen molar-refractivity contribution in [3.63, 3.8) is 0 Å². The van der Waals surface area contributed by atoms with Crippen LogP contribution in [-0.2, 0) is 4.74 Å². The van der Waals surface area contributed by atoms with Gasteiger partial charge in [-0.15, -0.1) is 0 Å². The second kappa shape index (κ2) is 7.84. The van der Waals surface area contributed by atoms with E-state index in [1.165, 1.54) is 25.7 Å². The first-order valence-electron chi connectivity index (χ1n) is 9.27. The molecule has 2 rings (SSSR count). The third kappa shape index (κ3) is 5.08. The lowest BCUT2D eigenvalue weighted by atomic mass is 9.83. The first kappa shape index (κ1) is 18.5. The number of carbonyl (C=O) groups excluding carboxylic acids is 1. The summed E-state index contributed by atoms with van der Waals surface area (Å²) in [5, 5.41) is 3.83. The Morgan fingerprint density at radius 1 is 1.17 bits per heavy atom. The summed E-state index contributed by atoms with van der Waals surface area (Å²) in [6, 6.07) is 1.01. The van der Waals surface area contributed by atoms with Gasteiger partial charge in [0.25, 0.3) is 0 Å². The van der Waals surface area contributed by atoms with Crippen LogP contribution in [0.15, 0.2) is 0 Å². The fourth-order valence-electron chi connectivity index (χ4n) is 3.93. The summed E-state index contributed by atoms with van der Waals surface area (Å²) in [6.45, 7) is 9.45. The van der Waals surface area contributed by atoms with Gasteiger partial charge in [-0.2, -0.15) is 0 Å². The molecule has 4 atom stereocenters. The molecular weight excluding hydrogens is 290 g/mol. The maximum absolute atomic E-state index is 12.4. The van der Waals surface area contributed by atoms with Crippen LogP contribution >= 0.6 is 0 Å². The molecule has 0 aromatic carbocycles. The number of piperidine rings is 1. The van der Waals surface area contributed by atoms with Crippen LogP contribution in [-0.4, -0.2) is 47.8 Å². The molecule has 2 fully saturated rings. The molecular formula is C18H35N3O2. The van der Waals surface area contributed by atoms with Crippen molar-refractivity contribution >= 4 is 6.09 Å². The normalized spacial score (nSPS) is 32.7. The van der Waals surface area contributed by atoms with Crippen LogP contribution in [0, 0.1) is 5.92 Å². The summed E-state index contributed by atoms with van der Waals surface area (Å²) in [6.07, 6.45) is 6.98. The highest BCUT2D eigenvalue weighted by Crippen LogP contribution is 2.27. The summed E-state index contributed by atoms with van der Waals surface area (Å²) in [7, 11) is 0. The lowest BCUT2D eigenvalue weighted by Crippen LogP contribution is -2.58. The number of amides is 1. The van der Waals surface area contributed by atoms with Crippen LogP contribution in [0.25, 0.3) is 0 Å². The molecule has 0 aromatic heterocycles. The second-order valence-electron chi connectivity index (χ2n) is 8.22. The fourth-order valence-corrected chi connectivity index (χ4v) is 3.93. The van der Waals surface area contributed by atoms with Crippen molar-refractivity contribution in [2.45, 2.75) is 89.9 Å². The highest BCUT2D eigenvalue weighted by Gasteiger charge is 2.36. The quantitative estimate of drug-likeness (QED) is 0.837. The molecule has 1 aliphatic carbocycles. The number of nitrogens with zero attached hydrogens (tertiary/aromatic N) is 1. The van der Waals surface area contributed by atoms with Gasteiger partial charge in [-0.05, 0) is 65.8 Å². The van der Waals surface area contributed by atoms with Gasteiger partial charge in [-0.1, -0.05) is 12.8 Å². The molecule has 5 nitrogen and oxygen atoms in total. The van der Waals surface area contributed by atoms with E-state index in [2.05, 4.69) is 12.2 Å². The van der Waals surface area contributed by atoms with E-state index in [9.17, 15) is 4.79 Å². The molecule has 1 saturated heterocycles. The van der Waals surface area contributed by atoms with Crippen LogP contribution in [0.1, 0.15) is 66.2 Å². The molecule has 0 aromatic rings. The van der Waals surface area contributed by atoms with Gasteiger partial charge in [0, 0.05) is 24.7 Å². The predicted molar refractivity (Wildman–Crippen MR) is 93.4 cm³/mol. The van der Waals surface area contributed by atoms with Crippen LogP contribution in [0.2, 0.25) is 0 Å². The van der Waals surface area contributed by atoms with Crippen molar-refractivity contribution < 1.29 is 9.53 Å². The Labute approximate surface area is 141 Å². The molecule has 1 heterocycles. The van der Waals surface area contributed by atoms with Gasteiger partial charge in [-0.25, -0.2) is 4.79 Å². The molecule has 0 spiro atoms. The number of nitrogens with two attached hydrogens (primary N) is 1. The minimum absolute atomic E-state index is 0.166. The maximum Gasteiger partial charge on any atom is 0.410 e. The third-order valence-corrected chi connectivity index (χ3v) is 5.26. The molecule has 1 saturated carbocycles. The van der Waals surface area contributed by atoms with Crippen LogP contribution in [0.3, 0.4) is 0 Å². The predicted octanol–water partition coefficient (Wildman–Crippen LogP) is 2.88. The Balaban J connectivity index is 1.96. The number of ether oxygens (including phenoxy) is 1. The van der Waals surface area contributed by atoms with Crippen LogP contribution in [0.5, 0.6) is 0 Å². The summed E-state index contributed by atoms with van der Waals surface area (Å²) in [4.78, 5) is 14.3. The van der Waals surface area contributed by atoms with Crippen molar-refractivity contribution in [3.8, 4) is 0 Å². The zero-order valence-corrected chi connectivity index (χ0v) is 15.3. The second-order valence-corrected chi connectivity index (χ2v) is 8.22. The first-order chi connectivity index (χ1) is 10.8. The number of carbonyl (C=O) groups is 1. The average molecular weight is 325 g/mol. The minimum Gasteiger partial charge on any atom is -0.444 e. The molecule has 0 bridgehead atoms. The number of hydrogen-bond donors (Lipinski definition) is 2. The molecule has 2 aliphatic rings. The van der Waals surface area contributed by atoms with E-state index in [0.29, 0.717) is 18.0 Å². The average Bonchev–Trinajstić information content (AvgIpc) is 2.48. The van der Waals surface area contributed by atoms with Gasteiger partial charge in [-0.3, -0.25) is 0 Å². The molecule has 0 radical (unpaired) electrons. The van der Waals surface area contributed by atoms with E-state index in [1.807, 2.05) is 25.7 Å². The molecule has 5 heteroatoms. The first-order valence-corrected chi connectivity index (χ1v) is 9.27. The number of hydrogen-bond acceptors (Lipinski definition) is 4. The summed E-state index contributed by atoms with van der Waals surface area (Å²) in [5.74, 6) is 0.577. The number of likely N-dealkylation sites (tertiary alicyclic amines) is 1. The number of rotatable bonds is 3.